The first kappa shape index (κ1) is 22.1. The number of nitriles is 1. The summed E-state index contributed by atoms with van der Waals surface area (Å²) in [6, 6.07) is 18.0. The molecular weight excluding hydrogens is 430 g/mol. The van der Waals surface area contributed by atoms with Crippen LogP contribution in [0, 0.1) is 25.2 Å². The third-order valence-corrected chi connectivity index (χ3v) is 6.32. The molecule has 0 atom stereocenters. The van der Waals surface area contributed by atoms with Gasteiger partial charge in [0.05, 0.1) is 10.2 Å². The summed E-state index contributed by atoms with van der Waals surface area (Å²) in [5.74, 6) is -0.194. The van der Waals surface area contributed by atoms with Gasteiger partial charge in [-0.3, -0.25) is 4.79 Å². The van der Waals surface area contributed by atoms with Gasteiger partial charge in [0, 0.05) is 17.8 Å². The van der Waals surface area contributed by atoms with Crippen LogP contribution in [-0.4, -0.2) is 17.4 Å². The van der Waals surface area contributed by atoms with Gasteiger partial charge in [0.15, 0.2) is 0 Å². The van der Waals surface area contributed by atoms with Crippen LogP contribution in [0.2, 0.25) is 0 Å². The zero-order valence-corrected chi connectivity index (χ0v) is 19.2. The van der Waals surface area contributed by atoms with Gasteiger partial charge in [-0.2, -0.15) is 5.26 Å². The quantitative estimate of drug-likeness (QED) is 0.325. The average molecular weight is 454 g/mol. The normalized spacial score (nSPS) is 10.6. The van der Waals surface area contributed by atoms with Crippen LogP contribution in [0.3, 0.4) is 0 Å². The van der Waals surface area contributed by atoms with Crippen LogP contribution in [0.4, 0.5) is 16.5 Å². The van der Waals surface area contributed by atoms with E-state index in [1.807, 2.05) is 62.4 Å². The first-order valence-corrected chi connectivity index (χ1v) is 11.2. The number of thiophene rings is 1. The van der Waals surface area contributed by atoms with E-state index in [0.29, 0.717) is 33.8 Å². The molecule has 0 spiro atoms. The number of nitrogen functional groups attached to an aromatic ring is 1. The lowest BCUT2D eigenvalue weighted by Gasteiger charge is -2.10. The van der Waals surface area contributed by atoms with Gasteiger partial charge in [-0.05, 0) is 37.1 Å². The van der Waals surface area contributed by atoms with Crippen molar-refractivity contribution in [3.05, 3.63) is 83.4 Å². The largest absolute Gasteiger partial charge is 0.383 e. The average Bonchev–Trinajstić information content (AvgIpc) is 3.14. The molecule has 2 aromatic heterocycles. The number of anilines is 3. The molecule has 7 heteroatoms. The molecule has 6 nitrogen and oxygen atoms in total. The van der Waals surface area contributed by atoms with Crippen molar-refractivity contribution in [1.29, 1.82) is 5.26 Å². The summed E-state index contributed by atoms with van der Waals surface area (Å²) in [5.41, 5.74) is 11.9. The summed E-state index contributed by atoms with van der Waals surface area (Å²) in [7, 11) is 0. The molecule has 0 saturated carbocycles. The number of nitrogens with two attached hydrogens (primary N) is 1. The Labute approximate surface area is 196 Å². The lowest BCUT2D eigenvalue weighted by molar-refractivity contribution is 0.0960. The van der Waals surface area contributed by atoms with Crippen LogP contribution in [0.1, 0.15) is 27.0 Å². The van der Waals surface area contributed by atoms with Gasteiger partial charge in [-0.1, -0.05) is 48.0 Å². The Morgan fingerprint density at radius 3 is 2.64 bits per heavy atom. The van der Waals surface area contributed by atoms with Crippen molar-refractivity contribution in [3.8, 4) is 17.2 Å². The summed E-state index contributed by atoms with van der Waals surface area (Å²) in [6.45, 7) is 8.00. The second kappa shape index (κ2) is 9.15. The van der Waals surface area contributed by atoms with E-state index in [4.69, 9.17) is 5.73 Å². The standard InChI is InChI=1S/C26H23N5OS/c1-4-12-29-25(32)21-22-23(33-26(21)30-18-7-5-6-16(3)13-18)20(19(14-27)24(28)31-22)17-10-8-15(2)9-11-17/h4-11,13,30H,1,12H2,2-3H3,(H2,28,31)(H,29,32). The van der Waals surface area contributed by atoms with Gasteiger partial charge in [-0.25, -0.2) is 4.98 Å². The highest BCUT2D eigenvalue weighted by Gasteiger charge is 2.26. The zero-order chi connectivity index (χ0) is 23.5. The molecule has 0 saturated heterocycles. The Morgan fingerprint density at radius 2 is 1.97 bits per heavy atom. The number of aryl methyl sites for hydroxylation is 2. The number of carbonyl (C=O) groups is 1. The van der Waals surface area contributed by atoms with Gasteiger partial charge in [0.2, 0.25) is 0 Å². The van der Waals surface area contributed by atoms with Crippen LogP contribution in [0.5, 0.6) is 0 Å². The summed E-state index contributed by atoms with van der Waals surface area (Å²) < 4.78 is 0.725. The summed E-state index contributed by atoms with van der Waals surface area (Å²) in [6.07, 6.45) is 1.62. The van der Waals surface area contributed by atoms with Gasteiger partial charge < -0.3 is 16.4 Å². The van der Waals surface area contributed by atoms with E-state index in [1.165, 1.54) is 11.3 Å². The van der Waals surface area contributed by atoms with Gasteiger partial charge in [-0.15, -0.1) is 17.9 Å². The first-order valence-electron chi connectivity index (χ1n) is 10.4. The number of benzene rings is 2. The van der Waals surface area contributed by atoms with Crippen LogP contribution in [0.25, 0.3) is 21.3 Å². The van der Waals surface area contributed by atoms with Crippen molar-refractivity contribution in [2.75, 3.05) is 17.6 Å². The topological polar surface area (TPSA) is 104 Å². The monoisotopic (exact) mass is 453 g/mol. The number of rotatable bonds is 6. The molecule has 4 aromatic rings. The first-order chi connectivity index (χ1) is 15.9. The molecular formula is C26H23N5OS. The minimum atomic E-state index is -0.289. The summed E-state index contributed by atoms with van der Waals surface area (Å²) >= 11 is 1.38. The molecule has 0 aliphatic heterocycles. The number of nitrogens with one attached hydrogen (secondary N) is 2. The number of hydrogen-bond acceptors (Lipinski definition) is 6. The maximum absolute atomic E-state index is 13.2. The predicted molar refractivity (Wildman–Crippen MR) is 136 cm³/mol. The van der Waals surface area contributed by atoms with E-state index in [0.717, 1.165) is 27.1 Å². The Morgan fingerprint density at radius 1 is 1.21 bits per heavy atom. The fourth-order valence-corrected chi connectivity index (χ4v) is 4.86. The number of amides is 1. The highest BCUT2D eigenvalue weighted by atomic mass is 32.1. The van der Waals surface area contributed by atoms with Crippen LogP contribution in [0.15, 0.2) is 61.2 Å². The van der Waals surface area contributed by atoms with E-state index in [9.17, 15) is 10.1 Å². The molecule has 0 radical (unpaired) electrons. The number of fused-ring (bicyclic) bond motifs is 1. The second-order valence-corrected chi connectivity index (χ2v) is 8.72. The molecule has 0 aliphatic carbocycles. The lowest BCUT2D eigenvalue weighted by atomic mass is 9.99. The number of aromatic nitrogens is 1. The molecule has 0 unspecified atom stereocenters. The van der Waals surface area contributed by atoms with E-state index in [1.54, 1.807) is 6.08 Å². The van der Waals surface area contributed by atoms with Gasteiger partial charge in [0.25, 0.3) is 5.91 Å². The highest BCUT2D eigenvalue weighted by molar-refractivity contribution is 7.24. The fourth-order valence-electron chi connectivity index (χ4n) is 3.63. The second-order valence-electron chi connectivity index (χ2n) is 7.70. The number of carbonyl (C=O) groups excluding carboxylic acids is 1. The molecule has 4 rings (SSSR count). The number of hydrogen-bond donors (Lipinski definition) is 3. The van der Waals surface area contributed by atoms with E-state index >= 15 is 0 Å². The number of nitrogens with zero attached hydrogens (tertiary/aromatic N) is 2. The lowest BCUT2D eigenvalue weighted by Crippen LogP contribution is -2.23. The molecule has 0 fully saturated rings. The molecule has 33 heavy (non-hydrogen) atoms. The summed E-state index contributed by atoms with van der Waals surface area (Å²) in [5, 5.41) is 16.7. The third-order valence-electron chi connectivity index (χ3n) is 5.21. The minimum absolute atomic E-state index is 0.0956. The van der Waals surface area contributed by atoms with Crippen LogP contribution in [-0.2, 0) is 0 Å². The van der Waals surface area contributed by atoms with Crippen molar-refractivity contribution >= 4 is 44.0 Å². The third kappa shape index (κ3) is 4.29. The minimum Gasteiger partial charge on any atom is -0.383 e. The fraction of sp³-hybridized carbons (Fsp3) is 0.115. The number of pyridine rings is 1. The Kier molecular flexibility index (Phi) is 6.11. The van der Waals surface area contributed by atoms with Crippen molar-refractivity contribution in [2.45, 2.75) is 13.8 Å². The van der Waals surface area contributed by atoms with E-state index in [-0.39, 0.29) is 11.7 Å². The smallest absolute Gasteiger partial charge is 0.256 e. The Bertz CT molecular complexity index is 1410. The van der Waals surface area contributed by atoms with Gasteiger partial charge >= 0.3 is 0 Å². The molecule has 164 valence electrons. The summed E-state index contributed by atoms with van der Waals surface area (Å²) in [4.78, 5) is 17.7. The maximum atomic E-state index is 13.2. The molecule has 0 bridgehead atoms. The van der Waals surface area contributed by atoms with Crippen molar-refractivity contribution in [1.82, 2.24) is 10.3 Å². The molecule has 2 aromatic carbocycles. The molecule has 1 amide bonds. The molecule has 4 N–H and O–H groups in total. The molecule has 2 heterocycles. The Balaban J connectivity index is 2.01. The van der Waals surface area contributed by atoms with Gasteiger partial charge in [0.1, 0.15) is 28.0 Å². The zero-order valence-electron chi connectivity index (χ0n) is 18.4. The van der Waals surface area contributed by atoms with E-state index < -0.39 is 0 Å². The highest BCUT2D eigenvalue weighted by Crippen LogP contribution is 2.44. The van der Waals surface area contributed by atoms with E-state index in [2.05, 4.69) is 28.3 Å². The van der Waals surface area contributed by atoms with Crippen molar-refractivity contribution < 1.29 is 4.79 Å². The van der Waals surface area contributed by atoms with Crippen LogP contribution < -0.4 is 16.4 Å². The SMILES string of the molecule is C=CCNC(=O)c1c(Nc2cccc(C)c2)sc2c(-c3ccc(C)cc3)c(C#N)c(N)nc12. The molecule has 0 aliphatic rings. The maximum Gasteiger partial charge on any atom is 0.256 e. The predicted octanol–water partition coefficient (Wildman–Crippen LogP) is 5.69. The van der Waals surface area contributed by atoms with Crippen molar-refractivity contribution in [3.63, 3.8) is 0 Å². The Hall–Kier alpha value is -4.15. The van der Waals surface area contributed by atoms with Crippen LogP contribution >= 0.6 is 11.3 Å². The van der Waals surface area contributed by atoms with Crippen molar-refractivity contribution in [2.24, 2.45) is 0 Å².